The first-order valence-electron chi connectivity index (χ1n) is 16.3. The fourth-order valence-electron chi connectivity index (χ4n) is 5.61. The summed E-state index contributed by atoms with van der Waals surface area (Å²) >= 11 is -1.35. The molecule has 5 heteroatoms. The topological polar surface area (TPSA) is 62.1 Å². The van der Waals surface area contributed by atoms with Crippen LogP contribution >= 0.6 is 0 Å². The van der Waals surface area contributed by atoms with Crippen LogP contribution in [0.4, 0.5) is 0 Å². The number of hydrogen-bond donors (Lipinski definition) is 2. The first kappa shape index (κ1) is 35.6. The number of ether oxygens (including phenoxy) is 1. The summed E-state index contributed by atoms with van der Waals surface area (Å²) in [6.07, 6.45) is 2.38. The van der Waals surface area contributed by atoms with Gasteiger partial charge in [-0.2, -0.15) is 6.42 Å². The maximum absolute atomic E-state index is 11.6. The second-order valence-electron chi connectivity index (χ2n) is 14.2. The van der Waals surface area contributed by atoms with Crippen LogP contribution in [0.15, 0.2) is 88.4 Å². The zero-order valence-electron chi connectivity index (χ0n) is 28.7. The van der Waals surface area contributed by atoms with Crippen molar-refractivity contribution >= 4 is 3.90 Å². The van der Waals surface area contributed by atoms with Gasteiger partial charge in [-0.1, -0.05) is 6.42 Å². The monoisotopic (exact) mass is 788 g/mol. The molecule has 4 aromatic carbocycles. The van der Waals surface area contributed by atoms with Gasteiger partial charge in [0.25, 0.3) is 0 Å². The molecule has 0 spiro atoms. The molecule has 0 atom stereocenters. The summed E-state index contributed by atoms with van der Waals surface area (Å²) in [5.74, 6) is 0.904. The van der Waals surface area contributed by atoms with E-state index < -0.39 is 17.9 Å². The van der Waals surface area contributed by atoms with Gasteiger partial charge in [-0.3, -0.25) is 0 Å². The molecule has 0 bridgehead atoms. The zero-order valence-corrected chi connectivity index (χ0v) is 31.7. The average molecular weight is 789 g/mol. The van der Waals surface area contributed by atoms with Gasteiger partial charge in [-0.05, 0) is 0 Å². The zero-order chi connectivity index (χ0) is 33.5. The molecule has 2 N–H and O–H groups in total. The smallest absolute Gasteiger partial charge is 0.00878 e. The van der Waals surface area contributed by atoms with E-state index in [-0.39, 0.29) is 16.7 Å². The van der Waals surface area contributed by atoms with E-state index in [9.17, 15) is 10.2 Å². The number of nitrogens with zero attached hydrogens (tertiary/aromatic N) is 1. The Morgan fingerprint density at radius 3 is 1.65 bits per heavy atom. The van der Waals surface area contributed by atoms with E-state index in [2.05, 4.69) is 91.8 Å². The number of hydrogen-bond acceptors (Lipinski definition) is 4. The molecule has 0 aromatic heterocycles. The molecule has 0 aliphatic carbocycles. The third-order valence-corrected chi connectivity index (χ3v) is 12.1. The van der Waals surface area contributed by atoms with Gasteiger partial charge >= 0.3 is 255 Å². The van der Waals surface area contributed by atoms with Crippen LogP contribution < -0.4 is 0 Å². The van der Waals surface area contributed by atoms with Crippen LogP contribution in [0.2, 0.25) is 0 Å². The van der Waals surface area contributed by atoms with Gasteiger partial charge in [0.2, 0.25) is 0 Å². The van der Waals surface area contributed by atoms with E-state index in [0.717, 1.165) is 52.0 Å². The Kier molecular flexibility index (Phi) is 12.1. The number of aromatic hydroxyl groups is 2. The van der Waals surface area contributed by atoms with Gasteiger partial charge in [0.1, 0.15) is 0 Å². The fourth-order valence-corrected chi connectivity index (χ4v) is 8.76. The quantitative estimate of drug-likeness (QED) is 0.191. The molecule has 244 valence electrons. The van der Waals surface area contributed by atoms with E-state index in [0.29, 0.717) is 18.0 Å². The molecule has 1 fully saturated rings. The summed E-state index contributed by atoms with van der Waals surface area (Å²) in [7, 11) is 0. The van der Waals surface area contributed by atoms with E-state index in [1.807, 2.05) is 55.1 Å². The maximum atomic E-state index is 11.6. The number of benzene rings is 4. The third kappa shape index (κ3) is 8.78. The van der Waals surface area contributed by atoms with Crippen molar-refractivity contribution in [2.24, 2.45) is 9.41 Å². The van der Waals surface area contributed by atoms with E-state index in [1.54, 1.807) is 0 Å². The van der Waals surface area contributed by atoms with Crippen molar-refractivity contribution in [1.82, 2.24) is 0 Å². The molecule has 0 amide bonds. The standard InChI is InChI=1S/C30H36O2.C7H7N.C4H7O.W/c1-19(2)18-24-20(22-14-10-16-25(27(22)31)29(3,4)5)12-9-13-21(24)23-15-11-17-26(28(23)32)30(6,7)8;8-6-7-4-2-1-3-5-7;1-2-4-5-3-1;/h9-17,19,31-32H,1-8H3;1-5H,6H2;3H,1-2,4H2;/q;;-1;. The molecule has 4 aromatic rings. The Morgan fingerprint density at radius 2 is 1.24 bits per heavy atom. The number of para-hydroxylation sites is 2. The Labute approximate surface area is 284 Å². The van der Waals surface area contributed by atoms with Gasteiger partial charge in [0, 0.05) is 6.61 Å². The Bertz CT molecular complexity index is 1590. The summed E-state index contributed by atoms with van der Waals surface area (Å²) in [6.45, 7) is 20.8. The van der Waals surface area contributed by atoms with Crippen LogP contribution in [0.5, 0.6) is 11.5 Å². The summed E-state index contributed by atoms with van der Waals surface area (Å²) < 4.78 is 11.3. The molecule has 1 aliphatic rings. The Morgan fingerprint density at radius 1 is 0.739 bits per heavy atom. The van der Waals surface area contributed by atoms with Crippen molar-refractivity contribution in [3.8, 4) is 33.8 Å². The first-order valence-corrected chi connectivity index (χ1v) is 19.1. The van der Waals surface area contributed by atoms with E-state index in [4.69, 9.17) is 8.23 Å². The van der Waals surface area contributed by atoms with Gasteiger partial charge < -0.3 is 4.74 Å². The Balaban J connectivity index is 0.000000874. The Hall–Kier alpha value is -3.20. The molecule has 1 heterocycles. The predicted octanol–water partition coefficient (Wildman–Crippen LogP) is 10.6. The predicted molar refractivity (Wildman–Crippen MR) is 189 cm³/mol. The van der Waals surface area contributed by atoms with E-state index >= 15 is 0 Å². The van der Waals surface area contributed by atoms with Crippen molar-refractivity contribution in [3.05, 3.63) is 114 Å². The largest absolute Gasteiger partial charge is 0.552 e. The summed E-state index contributed by atoms with van der Waals surface area (Å²) in [6, 6.07) is 28.8. The molecule has 4 nitrogen and oxygen atoms in total. The van der Waals surface area contributed by atoms with Crippen LogP contribution in [0, 0.1) is 12.5 Å². The van der Waals surface area contributed by atoms with Gasteiger partial charge in [0.15, 0.2) is 0 Å². The molecule has 5 rings (SSSR count). The summed E-state index contributed by atoms with van der Waals surface area (Å²) in [5.41, 5.74) is 7.37. The van der Waals surface area contributed by atoms with Crippen LogP contribution in [0.3, 0.4) is 0 Å². The van der Waals surface area contributed by atoms with Crippen LogP contribution in [0.25, 0.3) is 22.3 Å². The van der Waals surface area contributed by atoms with Crippen LogP contribution in [0.1, 0.15) is 90.5 Å². The van der Waals surface area contributed by atoms with Crippen molar-refractivity contribution in [2.45, 2.75) is 85.6 Å². The number of rotatable bonds is 6. The summed E-state index contributed by atoms with van der Waals surface area (Å²) in [5, 5.41) is 23.3. The van der Waals surface area contributed by atoms with Gasteiger partial charge in [0.05, 0.1) is 0 Å². The first-order chi connectivity index (χ1) is 21.8. The van der Waals surface area contributed by atoms with Gasteiger partial charge in [-0.25, -0.2) is 6.61 Å². The number of phenolic OH excluding ortho intramolecular Hbond substituents is 2. The van der Waals surface area contributed by atoms with Gasteiger partial charge in [-0.15, -0.1) is 0 Å². The molecule has 46 heavy (non-hydrogen) atoms. The minimum absolute atomic E-state index is 0.205. The second-order valence-corrected chi connectivity index (χ2v) is 17.4. The molecular formula is C41H50NO3W-. The van der Waals surface area contributed by atoms with Crippen LogP contribution in [-0.2, 0) is 40.0 Å². The molecular weight excluding hydrogens is 738 g/mol. The van der Waals surface area contributed by atoms with Crippen molar-refractivity contribution in [2.75, 3.05) is 6.61 Å². The van der Waals surface area contributed by atoms with Crippen molar-refractivity contribution in [1.29, 1.82) is 0 Å². The maximum Gasteiger partial charge on any atom is 0.00878 e. The number of phenols is 2. The van der Waals surface area contributed by atoms with Crippen molar-refractivity contribution in [3.63, 3.8) is 0 Å². The fraction of sp³-hybridized carbons (Fsp3) is 0.366. The molecule has 0 unspecified atom stereocenters. The third-order valence-electron chi connectivity index (χ3n) is 8.06. The molecule has 0 saturated carbocycles. The SMILES string of the molecule is CC(C)[C](=[W]=[N]Cc1ccccc1)c1c(-c2cccc(C(C)(C)C)c2O)cccc1-c1cccc(C(C)(C)C)c1O.[CH-]1CCCO1. The van der Waals surface area contributed by atoms with Crippen LogP contribution in [-0.4, -0.2) is 20.7 Å². The normalized spacial score (nSPS) is 13.2. The molecule has 1 aliphatic heterocycles. The van der Waals surface area contributed by atoms with Crippen molar-refractivity contribution < 1.29 is 32.9 Å². The second kappa shape index (κ2) is 15.6. The van der Waals surface area contributed by atoms with E-state index in [1.165, 1.54) is 15.9 Å². The molecule has 0 radical (unpaired) electrons. The molecule has 1 saturated heterocycles. The minimum atomic E-state index is -1.35. The average Bonchev–Trinajstić information content (AvgIpc) is 3.59. The summed E-state index contributed by atoms with van der Waals surface area (Å²) in [4.78, 5) is 0. The minimum Gasteiger partial charge on any atom is -0.552 e.